The third-order valence-electron chi connectivity index (χ3n) is 6.34. The van der Waals surface area contributed by atoms with Gasteiger partial charge in [-0.15, -0.1) is 0 Å². The summed E-state index contributed by atoms with van der Waals surface area (Å²) in [5, 5.41) is 0. The van der Waals surface area contributed by atoms with Crippen molar-refractivity contribution in [2.45, 2.75) is 69.5 Å². The molecular formula is C17H30N2S. The van der Waals surface area contributed by atoms with Crippen LogP contribution in [0.2, 0.25) is 0 Å². The molecule has 1 aliphatic carbocycles. The summed E-state index contributed by atoms with van der Waals surface area (Å²) in [6.07, 6.45) is 11.9. The lowest BCUT2D eigenvalue weighted by atomic mass is 9.78. The van der Waals surface area contributed by atoms with Gasteiger partial charge in [0.1, 0.15) is 0 Å². The maximum absolute atomic E-state index is 3.00. The Balaban J connectivity index is 1.55. The molecule has 0 amide bonds. The summed E-state index contributed by atoms with van der Waals surface area (Å²) in [5.41, 5.74) is 0. The molecule has 3 heterocycles. The molecule has 0 aromatic rings. The number of nitrogens with zero attached hydrogens (tertiary/aromatic N) is 2. The molecule has 4 fully saturated rings. The zero-order valence-electron chi connectivity index (χ0n) is 12.8. The zero-order valence-corrected chi connectivity index (χ0v) is 13.6. The van der Waals surface area contributed by atoms with E-state index in [2.05, 4.69) is 21.6 Å². The Morgan fingerprint density at radius 2 is 1.70 bits per heavy atom. The van der Waals surface area contributed by atoms with Crippen LogP contribution >= 0.6 is 11.8 Å². The van der Waals surface area contributed by atoms with Gasteiger partial charge in [0.05, 0.1) is 0 Å². The SMILES string of the molecule is C1CCC([C@@H]2[C@@H]3CCCN3CCN2[C@H]2CCSC2)CC1. The largest absolute Gasteiger partial charge is 0.298 e. The predicted octanol–water partition coefficient (Wildman–Crippen LogP) is 3.22. The van der Waals surface area contributed by atoms with Crippen molar-refractivity contribution in [3.05, 3.63) is 0 Å². The molecule has 1 saturated carbocycles. The predicted molar refractivity (Wildman–Crippen MR) is 87.4 cm³/mol. The summed E-state index contributed by atoms with van der Waals surface area (Å²) >= 11 is 2.19. The Morgan fingerprint density at radius 1 is 0.800 bits per heavy atom. The molecular weight excluding hydrogens is 264 g/mol. The Kier molecular flexibility index (Phi) is 4.29. The lowest BCUT2D eigenvalue weighted by Crippen LogP contribution is -2.62. The van der Waals surface area contributed by atoms with Crippen molar-refractivity contribution in [1.82, 2.24) is 9.80 Å². The van der Waals surface area contributed by atoms with E-state index in [0.29, 0.717) is 0 Å². The fraction of sp³-hybridized carbons (Fsp3) is 1.00. The molecule has 4 aliphatic rings. The Hall–Kier alpha value is 0.270. The van der Waals surface area contributed by atoms with Gasteiger partial charge < -0.3 is 0 Å². The number of hydrogen-bond acceptors (Lipinski definition) is 3. The van der Waals surface area contributed by atoms with E-state index in [-0.39, 0.29) is 0 Å². The second-order valence-corrected chi connectivity index (χ2v) is 8.54. The van der Waals surface area contributed by atoms with E-state index in [1.54, 1.807) is 0 Å². The third-order valence-corrected chi connectivity index (χ3v) is 7.49. The van der Waals surface area contributed by atoms with Crippen LogP contribution in [0.1, 0.15) is 51.4 Å². The van der Waals surface area contributed by atoms with Gasteiger partial charge in [0.15, 0.2) is 0 Å². The van der Waals surface area contributed by atoms with Gasteiger partial charge in [-0.1, -0.05) is 19.3 Å². The second kappa shape index (κ2) is 6.18. The smallest absolute Gasteiger partial charge is 0.0283 e. The molecule has 3 heteroatoms. The Morgan fingerprint density at radius 3 is 2.50 bits per heavy atom. The van der Waals surface area contributed by atoms with Crippen molar-refractivity contribution >= 4 is 11.8 Å². The van der Waals surface area contributed by atoms with Gasteiger partial charge in [-0.3, -0.25) is 9.80 Å². The molecule has 0 unspecified atom stereocenters. The standard InChI is InChI=1S/C17H30N2S/c1-2-5-14(6-3-1)17-16-7-4-9-18(16)10-11-19(17)15-8-12-20-13-15/h14-17H,1-13H2/t15-,16-,17+/m0/s1. The zero-order chi connectivity index (χ0) is 13.4. The van der Waals surface area contributed by atoms with Crippen LogP contribution in [-0.2, 0) is 0 Å². The molecule has 114 valence electrons. The Labute approximate surface area is 128 Å². The van der Waals surface area contributed by atoms with E-state index in [0.717, 1.165) is 24.0 Å². The highest BCUT2D eigenvalue weighted by Crippen LogP contribution is 2.39. The van der Waals surface area contributed by atoms with Crippen LogP contribution in [0.4, 0.5) is 0 Å². The van der Waals surface area contributed by atoms with Crippen LogP contribution in [0.25, 0.3) is 0 Å². The first-order valence-corrected chi connectivity index (χ1v) is 10.2. The van der Waals surface area contributed by atoms with Crippen molar-refractivity contribution < 1.29 is 0 Å². The van der Waals surface area contributed by atoms with Gasteiger partial charge in [-0.05, 0) is 50.3 Å². The van der Waals surface area contributed by atoms with Crippen LogP contribution < -0.4 is 0 Å². The molecule has 0 aromatic heterocycles. The fourth-order valence-electron chi connectivity index (χ4n) is 5.40. The highest BCUT2D eigenvalue weighted by molar-refractivity contribution is 7.99. The lowest BCUT2D eigenvalue weighted by Gasteiger charge is -2.51. The van der Waals surface area contributed by atoms with Crippen molar-refractivity contribution in [2.75, 3.05) is 31.1 Å². The highest BCUT2D eigenvalue weighted by Gasteiger charge is 2.45. The lowest BCUT2D eigenvalue weighted by molar-refractivity contribution is -0.0185. The van der Waals surface area contributed by atoms with Crippen molar-refractivity contribution in [3.8, 4) is 0 Å². The molecule has 2 nitrogen and oxygen atoms in total. The molecule has 0 radical (unpaired) electrons. The molecule has 0 aromatic carbocycles. The third kappa shape index (κ3) is 2.55. The van der Waals surface area contributed by atoms with Gasteiger partial charge in [0.2, 0.25) is 0 Å². The molecule has 0 spiro atoms. The van der Waals surface area contributed by atoms with E-state index in [4.69, 9.17) is 0 Å². The minimum absolute atomic E-state index is 0.912. The molecule has 3 saturated heterocycles. The van der Waals surface area contributed by atoms with E-state index in [1.807, 2.05) is 0 Å². The second-order valence-electron chi connectivity index (χ2n) is 7.39. The van der Waals surface area contributed by atoms with Crippen molar-refractivity contribution in [3.63, 3.8) is 0 Å². The van der Waals surface area contributed by atoms with E-state index < -0.39 is 0 Å². The van der Waals surface area contributed by atoms with Gasteiger partial charge in [-0.2, -0.15) is 11.8 Å². The molecule has 0 N–H and O–H groups in total. The first-order valence-electron chi connectivity index (χ1n) is 9.01. The molecule has 0 bridgehead atoms. The maximum atomic E-state index is 3.00. The topological polar surface area (TPSA) is 6.48 Å². The summed E-state index contributed by atoms with van der Waals surface area (Å²) in [4.78, 5) is 5.85. The van der Waals surface area contributed by atoms with E-state index >= 15 is 0 Å². The summed E-state index contributed by atoms with van der Waals surface area (Å²) in [6.45, 7) is 4.11. The number of hydrogen-bond donors (Lipinski definition) is 0. The van der Waals surface area contributed by atoms with Crippen LogP contribution in [0, 0.1) is 5.92 Å². The fourth-order valence-corrected chi connectivity index (χ4v) is 6.64. The first-order chi connectivity index (χ1) is 9.93. The minimum atomic E-state index is 0.912. The van der Waals surface area contributed by atoms with Gasteiger partial charge in [-0.25, -0.2) is 0 Å². The first kappa shape index (κ1) is 13.9. The van der Waals surface area contributed by atoms with Crippen LogP contribution in [0.5, 0.6) is 0 Å². The summed E-state index contributed by atoms with van der Waals surface area (Å²) in [5.74, 6) is 3.84. The molecule has 4 rings (SSSR count). The average molecular weight is 295 g/mol. The van der Waals surface area contributed by atoms with Crippen LogP contribution in [0.15, 0.2) is 0 Å². The van der Waals surface area contributed by atoms with Gasteiger partial charge in [0.25, 0.3) is 0 Å². The van der Waals surface area contributed by atoms with Crippen LogP contribution in [0.3, 0.4) is 0 Å². The quantitative estimate of drug-likeness (QED) is 0.772. The van der Waals surface area contributed by atoms with E-state index in [1.165, 1.54) is 82.5 Å². The van der Waals surface area contributed by atoms with Crippen molar-refractivity contribution in [2.24, 2.45) is 5.92 Å². The number of fused-ring (bicyclic) bond motifs is 1. The number of rotatable bonds is 2. The summed E-state index contributed by atoms with van der Waals surface area (Å²) in [7, 11) is 0. The summed E-state index contributed by atoms with van der Waals surface area (Å²) in [6, 6.07) is 2.74. The molecule has 3 aliphatic heterocycles. The molecule has 20 heavy (non-hydrogen) atoms. The van der Waals surface area contributed by atoms with Crippen molar-refractivity contribution in [1.29, 1.82) is 0 Å². The van der Waals surface area contributed by atoms with Gasteiger partial charge >= 0.3 is 0 Å². The van der Waals surface area contributed by atoms with E-state index in [9.17, 15) is 0 Å². The highest BCUT2D eigenvalue weighted by atomic mass is 32.2. The minimum Gasteiger partial charge on any atom is -0.298 e. The monoisotopic (exact) mass is 294 g/mol. The maximum Gasteiger partial charge on any atom is 0.0283 e. The normalized spacial score (nSPS) is 41.1. The number of thioether (sulfide) groups is 1. The average Bonchev–Trinajstić information content (AvgIpc) is 3.18. The Bertz CT molecular complexity index is 323. The number of piperazine rings is 1. The van der Waals surface area contributed by atoms with Gasteiger partial charge in [0, 0.05) is 37.0 Å². The molecule has 3 atom stereocenters. The van der Waals surface area contributed by atoms with Crippen LogP contribution in [-0.4, -0.2) is 59.1 Å². The summed E-state index contributed by atoms with van der Waals surface area (Å²) < 4.78 is 0.